The maximum Gasteiger partial charge on any atom is 0.276 e. The molecule has 1 amide bonds. The number of carbonyl (C=O) groups excluding carboxylic acids is 1. The Balaban J connectivity index is 1.80. The fourth-order valence-electron chi connectivity index (χ4n) is 2.38. The molecule has 0 fully saturated rings. The topological polar surface area (TPSA) is 104 Å². The number of nitrogens with one attached hydrogen (secondary N) is 1. The second-order valence-corrected chi connectivity index (χ2v) is 5.57. The van der Waals surface area contributed by atoms with Crippen molar-refractivity contribution < 1.29 is 9.53 Å². The predicted octanol–water partition coefficient (Wildman–Crippen LogP) is 0.937. The summed E-state index contributed by atoms with van der Waals surface area (Å²) in [7, 11) is 3.37. The van der Waals surface area contributed by atoms with Crippen molar-refractivity contribution >= 4 is 11.6 Å². The van der Waals surface area contributed by atoms with Crippen LogP contribution < -0.4 is 10.9 Å². The lowest BCUT2D eigenvalue weighted by Gasteiger charge is -2.08. The molecule has 2 heterocycles. The van der Waals surface area contributed by atoms with E-state index in [-0.39, 0.29) is 17.8 Å². The Hall–Kier alpha value is -3.33. The number of amides is 1. The van der Waals surface area contributed by atoms with Gasteiger partial charge in [0, 0.05) is 31.5 Å². The lowest BCUT2D eigenvalue weighted by molar-refractivity contribution is 0.101. The van der Waals surface area contributed by atoms with E-state index >= 15 is 0 Å². The van der Waals surface area contributed by atoms with Crippen molar-refractivity contribution in [1.29, 1.82) is 0 Å². The van der Waals surface area contributed by atoms with Crippen LogP contribution in [0.3, 0.4) is 0 Å². The molecular weight excluding hydrogens is 336 g/mol. The summed E-state index contributed by atoms with van der Waals surface area (Å²) < 4.78 is 7.93. The summed E-state index contributed by atoms with van der Waals surface area (Å²) in [5.41, 5.74) is 1.26. The number of anilines is 1. The number of aryl methyl sites for hydroxylation is 1. The fraction of sp³-hybridized carbons (Fsp3) is 0.235. The zero-order chi connectivity index (χ0) is 18.5. The number of carbonyl (C=O) groups is 1. The Morgan fingerprint density at radius 2 is 2.12 bits per heavy atom. The van der Waals surface area contributed by atoms with Crippen LogP contribution >= 0.6 is 0 Å². The molecular formula is C17H18N6O3. The third kappa shape index (κ3) is 3.83. The summed E-state index contributed by atoms with van der Waals surface area (Å²) in [5.74, 6) is 0.277. The minimum Gasteiger partial charge on any atom is -0.383 e. The van der Waals surface area contributed by atoms with Crippen molar-refractivity contribution in [2.75, 3.05) is 19.0 Å². The molecule has 9 heteroatoms. The summed E-state index contributed by atoms with van der Waals surface area (Å²) in [5, 5.41) is 14.8. The minimum atomic E-state index is -0.411. The molecule has 0 atom stereocenters. The molecule has 0 saturated carbocycles. The van der Waals surface area contributed by atoms with Crippen LogP contribution in [0.2, 0.25) is 0 Å². The molecule has 3 rings (SSSR count). The minimum absolute atomic E-state index is 0.143. The normalized spacial score (nSPS) is 10.7. The van der Waals surface area contributed by atoms with Crippen LogP contribution in [0.1, 0.15) is 10.5 Å². The second kappa shape index (κ2) is 7.70. The van der Waals surface area contributed by atoms with Gasteiger partial charge in [0.2, 0.25) is 0 Å². The maximum absolute atomic E-state index is 12.5. The highest BCUT2D eigenvalue weighted by Crippen LogP contribution is 2.20. The van der Waals surface area contributed by atoms with E-state index in [1.807, 2.05) is 19.2 Å². The molecule has 0 aliphatic carbocycles. The van der Waals surface area contributed by atoms with Gasteiger partial charge in [-0.1, -0.05) is 12.1 Å². The van der Waals surface area contributed by atoms with Gasteiger partial charge < -0.3 is 14.6 Å². The fourth-order valence-corrected chi connectivity index (χ4v) is 2.38. The summed E-state index contributed by atoms with van der Waals surface area (Å²) in [6, 6.07) is 9.96. The van der Waals surface area contributed by atoms with Crippen LogP contribution in [-0.4, -0.2) is 44.2 Å². The van der Waals surface area contributed by atoms with Crippen molar-refractivity contribution in [3.05, 3.63) is 58.8 Å². The summed E-state index contributed by atoms with van der Waals surface area (Å²) in [6.07, 6.45) is 1.60. The first-order valence-electron chi connectivity index (χ1n) is 7.91. The number of hydrogen-bond donors (Lipinski definition) is 1. The molecule has 0 unspecified atom stereocenters. The quantitative estimate of drug-likeness (QED) is 0.706. The van der Waals surface area contributed by atoms with Gasteiger partial charge in [-0.05, 0) is 18.2 Å². The van der Waals surface area contributed by atoms with E-state index in [9.17, 15) is 9.59 Å². The highest BCUT2D eigenvalue weighted by atomic mass is 16.5. The summed E-state index contributed by atoms with van der Waals surface area (Å²) >= 11 is 0. The molecule has 0 saturated heterocycles. The van der Waals surface area contributed by atoms with Gasteiger partial charge in [-0.15, -0.1) is 10.2 Å². The van der Waals surface area contributed by atoms with Crippen molar-refractivity contribution in [1.82, 2.24) is 24.5 Å². The van der Waals surface area contributed by atoms with Crippen LogP contribution in [-0.2, 0) is 18.3 Å². The molecule has 3 aromatic rings. The van der Waals surface area contributed by atoms with E-state index in [1.165, 1.54) is 23.9 Å². The van der Waals surface area contributed by atoms with Gasteiger partial charge in [0.25, 0.3) is 11.5 Å². The van der Waals surface area contributed by atoms with Gasteiger partial charge >= 0.3 is 0 Å². The van der Waals surface area contributed by atoms with E-state index in [0.717, 1.165) is 5.56 Å². The van der Waals surface area contributed by atoms with Gasteiger partial charge in [0.05, 0.1) is 13.2 Å². The van der Waals surface area contributed by atoms with E-state index in [4.69, 9.17) is 4.74 Å². The number of hydrogen-bond acceptors (Lipinski definition) is 6. The number of methoxy groups -OCH3 is 1. The number of aromatic nitrogens is 5. The molecule has 134 valence electrons. The van der Waals surface area contributed by atoms with E-state index in [0.29, 0.717) is 18.1 Å². The molecule has 1 N–H and O–H groups in total. The van der Waals surface area contributed by atoms with E-state index in [1.54, 1.807) is 23.0 Å². The first kappa shape index (κ1) is 17.5. The van der Waals surface area contributed by atoms with Gasteiger partial charge in [-0.3, -0.25) is 9.59 Å². The van der Waals surface area contributed by atoms with Crippen LogP contribution in [0.15, 0.2) is 47.5 Å². The maximum atomic E-state index is 12.5. The van der Waals surface area contributed by atoms with Crippen molar-refractivity contribution in [3.8, 4) is 11.4 Å². The molecule has 9 nitrogen and oxygen atoms in total. The zero-order valence-corrected chi connectivity index (χ0v) is 14.4. The highest BCUT2D eigenvalue weighted by molar-refractivity contribution is 6.02. The summed E-state index contributed by atoms with van der Waals surface area (Å²) in [6.45, 7) is 0.607. The average molecular weight is 354 g/mol. The van der Waals surface area contributed by atoms with Crippen molar-refractivity contribution in [2.45, 2.75) is 6.54 Å². The number of ether oxygens (including phenoxy) is 1. The van der Waals surface area contributed by atoms with Crippen molar-refractivity contribution in [2.24, 2.45) is 7.05 Å². The van der Waals surface area contributed by atoms with Crippen LogP contribution in [0.5, 0.6) is 0 Å². The summed E-state index contributed by atoms with van der Waals surface area (Å²) in [4.78, 5) is 24.2. The molecule has 2 aromatic heterocycles. The largest absolute Gasteiger partial charge is 0.383 e. The molecule has 0 spiro atoms. The lowest BCUT2D eigenvalue weighted by atomic mass is 10.2. The molecule has 0 aliphatic heterocycles. The molecule has 0 aliphatic rings. The Labute approximate surface area is 149 Å². The second-order valence-electron chi connectivity index (χ2n) is 5.57. The van der Waals surface area contributed by atoms with Crippen LogP contribution in [0.4, 0.5) is 5.69 Å². The molecule has 26 heavy (non-hydrogen) atoms. The number of benzene rings is 1. The van der Waals surface area contributed by atoms with E-state index < -0.39 is 5.91 Å². The Morgan fingerprint density at radius 3 is 2.85 bits per heavy atom. The smallest absolute Gasteiger partial charge is 0.276 e. The number of rotatable bonds is 6. The van der Waals surface area contributed by atoms with Crippen LogP contribution in [0.25, 0.3) is 11.4 Å². The third-order valence-corrected chi connectivity index (χ3v) is 3.70. The highest BCUT2D eigenvalue weighted by Gasteiger charge is 2.11. The third-order valence-electron chi connectivity index (χ3n) is 3.70. The predicted molar refractivity (Wildman–Crippen MR) is 94.8 cm³/mol. The monoisotopic (exact) mass is 354 g/mol. The van der Waals surface area contributed by atoms with E-state index in [2.05, 4.69) is 20.6 Å². The zero-order valence-electron chi connectivity index (χ0n) is 14.4. The molecule has 0 radical (unpaired) electrons. The van der Waals surface area contributed by atoms with Gasteiger partial charge in [0.1, 0.15) is 12.0 Å². The Kier molecular flexibility index (Phi) is 5.18. The van der Waals surface area contributed by atoms with Gasteiger partial charge in [-0.25, -0.2) is 4.68 Å². The lowest BCUT2D eigenvalue weighted by Crippen LogP contribution is -2.27. The molecule has 1 aromatic carbocycles. The van der Waals surface area contributed by atoms with Gasteiger partial charge in [-0.2, -0.15) is 5.10 Å². The Morgan fingerprint density at radius 1 is 1.27 bits per heavy atom. The molecule has 0 bridgehead atoms. The average Bonchev–Trinajstić information content (AvgIpc) is 3.07. The number of nitrogens with zero attached hydrogens (tertiary/aromatic N) is 5. The van der Waals surface area contributed by atoms with Crippen molar-refractivity contribution in [3.63, 3.8) is 0 Å². The van der Waals surface area contributed by atoms with Crippen LogP contribution in [0, 0.1) is 0 Å². The first-order valence-corrected chi connectivity index (χ1v) is 7.91. The first-order chi connectivity index (χ1) is 12.6. The van der Waals surface area contributed by atoms with Gasteiger partial charge in [0.15, 0.2) is 5.82 Å². The Bertz CT molecular complexity index is 978. The standard InChI is InChI=1S/C17H18N6O3/c1-22-11-18-20-16(22)12-4-3-5-13(10-12)19-17(25)14-6-7-15(24)23(21-14)8-9-26-2/h3-7,10-11H,8-9H2,1-2H3,(H,19,25). The SMILES string of the molecule is COCCn1nc(C(=O)Nc2cccc(-c3nncn3C)c2)ccc1=O.